The maximum absolute atomic E-state index is 4.45. The van der Waals surface area contributed by atoms with Crippen LogP contribution in [0.5, 0.6) is 0 Å². The van der Waals surface area contributed by atoms with Crippen LogP contribution in [0.15, 0.2) is 29.4 Å². The summed E-state index contributed by atoms with van der Waals surface area (Å²) < 4.78 is 0. The third-order valence-corrected chi connectivity index (χ3v) is 5.30. The van der Waals surface area contributed by atoms with Crippen molar-refractivity contribution in [3.8, 4) is 0 Å². The van der Waals surface area contributed by atoms with Crippen LogP contribution in [0.3, 0.4) is 0 Å². The van der Waals surface area contributed by atoms with Gasteiger partial charge in [-0.3, -0.25) is 4.99 Å². The summed E-state index contributed by atoms with van der Waals surface area (Å²) in [6, 6.07) is 6.53. The Hall–Kier alpha value is -1.35. The molecule has 2 aromatic rings. The molecule has 0 saturated carbocycles. The van der Waals surface area contributed by atoms with Gasteiger partial charge in [0.1, 0.15) is 0 Å². The molecule has 0 atom stereocenters. The van der Waals surface area contributed by atoms with Gasteiger partial charge in [0, 0.05) is 57.4 Å². The molecule has 0 aliphatic heterocycles. The van der Waals surface area contributed by atoms with E-state index in [9.17, 15) is 0 Å². The highest BCUT2D eigenvalue weighted by Gasteiger charge is 2.05. The molecule has 0 fully saturated rings. The number of aliphatic imine (C=N–C) groups is 1. The van der Waals surface area contributed by atoms with Crippen molar-refractivity contribution in [1.29, 1.82) is 0 Å². The van der Waals surface area contributed by atoms with Crippen LogP contribution < -0.4 is 15.5 Å². The van der Waals surface area contributed by atoms with Crippen molar-refractivity contribution in [3.63, 3.8) is 0 Å². The molecule has 2 N–H and O–H groups in total. The summed E-state index contributed by atoms with van der Waals surface area (Å²) in [7, 11) is 5.92. The zero-order valence-electron chi connectivity index (χ0n) is 16.3. The number of aromatic nitrogens is 1. The van der Waals surface area contributed by atoms with Crippen molar-refractivity contribution < 1.29 is 0 Å². The summed E-state index contributed by atoms with van der Waals surface area (Å²) in [5.74, 6) is 0.823. The minimum Gasteiger partial charge on any atom is -0.378 e. The van der Waals surface area contributed by atoms with E-state index in [0.717, 1.165) is 31.9 Å². The van der Waals surface area contributed by atoms with E-state index < -0.39 is 0 Å². The van der Waals surface area contributed by atoms with Crippen LogP contribution in [0.1, 0.15) is 27.9 Å². The molecular formula is C19H30IN5S. The first-order valence-electron chi connectivity index (χ1n) is 8.68. The second-order valence-corrected chi connectivity index (χ2v) is 7.38. The number of anilines is 1. The highest BCUT2D eigenvalue weighted by Crippen LogP contribution is 2.17. The third-order valence-electron chi connectivity index (χ3n) is 4.09. The summed E-state index contributed by atoms with van der Waals surface area (Å²) >= 11 is 1.79. The van der Waals surface area contributed by atoms with Crippen molar-refractivity contribution in [2.45, 2.75) is 33.2 Å². The summed E-state index contributed by atoms with van der Waals surface area (Å²) in [6.07, 6.45) is 3.95. The van der Waals surface area contributed by atoms with Crippen LogP contribution in [0, 0.1) is 6.92 Å². The van der Waals surface area contributed by atoms with Crippen LogP contribution in [0.2, 0.25) is 0 Å². The Morgan fingerprint density at radius 1 is 1.27 bits per heavy atom. The summed E-state index contributed by atoms with van der Waals surface area (Å²) in [4.78, 5) is 12.2. The molecule has 26 heavy (non-hydrogen) atoms. The minimum absolute atomic E-state index is 0. The number of thiazole rings is 1. The molecule has 144 valence electrons. The van der Waals surface area contributed by atoms with Crippen LogP contribution in [-0.2, 0) is 19.4 Å². The first-order chi connectivity index (χ1) is 12.0. The van der Waals surface area contributed by atoms with Gasteiger partial charge in [-0.15, -0.1) is 35.3 Å². The van der Waals surface area contributed by atoms with Crippen molar-refractivity contribution in [3.05, 3.63) is 45.4 Å². The van der Waals surface area contributed by atoms with Crippen LogP contribution in [0.4, 0.5) is 5.69 Å². The lowest BCUT2D eigenvalue weighted by Gasteiger charge is -2.16. The molecule has 0 bridgehead atoms. The summed E-state index contributed by atoms with van der Waals surface area (Å²) in [6.45, 7) is 5.90. The number of nitrogens with zero attached hydrogens (tertiary/aromatic N) is 3. The molecule has 0 amide bonds. The fourth-order valence-electron chi connectivity index (χ4n) is 2.47. The largest absolute Gasteiger partial charge is 0.378 e. The smallest absolute Gasteiger partial charge is 0.191 e. The van der Waals surface area contributed by atoms with Crippen molar-refractivity contribution in [2.75, 3.05) is 32.6 Å². The number of halogens is 1. The number of hydrogen-bond acceptors (Lipinski definition) is 4. The van der Waals surface area contributed by atoms with Gasteiger partial charge in [-0.2, -0.15) is 0 Å². The van der Waals surface area contributed by atoms with E-state index in [1.54, 1.807) is 18.4 Å². The van der Waals surface area contributed by atoms with E-state index >= 15 is 0 Å². The molecule has 2 rings (SSSR count). The van der Waals surface area contributed by atoms with E-state index in [0.29, 0.717) is 0 Å². The molecule has 0 aliphatic carbocycles. The monoisotopic (exact) mass is 487 g/mol. The molecule has 5 nitrogen and oxygen atoms in total. The van der Waals surface area contributed by atoms with Gasteiger partial charge < -0.3 is 15.5 Å². The Labute approximate surface area is 178 Å². The number of rotatable bonds is 7. The second kappa shape index (κ2) is 11.4. The average Bonchev–Trinajstić information content (AvgIpc) is 3.06. The molecule has 0 aliphatic rings. The van der Waals surface area contributed by atoms with Gasteiger partial charge in [0.05, 0.1) is 5.01 Å². The number of guanidine groups is 1. The number of nitrogens with one attached hydrogen (secondary N) is 2. The maximum Gasteiger partial charge on any atom is 0.191 e. The molecule has 1 heterocycles. The van der Waals surface area contributed by atoms with Gasteiger partial charge >= 0.3 is 0 Å². The lowest BCUT2D eigenvalue weighted by Crippen LogP contribution is -2.38. The molecule has 7 heteroatoms. The number of aryl methyl sites for hydroxylation is 2. The van der Waals surface area contributed by atoms with Gasteiger partial charge in [-0.1, -0.05) is 13.0 Å². The Morgan fingerprint density at radius 2 is 2.04 bits per heavy atom. The first-order valence-corrected chi connectivity index (χ1v) is 9.50. The lowest BCUT2D eigenvalue weighted by molar-refractivity contribution is 0.790. The third kappa shape index (κ3) is 6.75. The van der Waals surface area contributed by atoms with Crippen LogP contribution in [-0.4, -0.2) is 38.6 Å². The van der Waals surface area contributed by atoms with Gasteiger partial charge in [-0.25, -0.2) is 4.98 Å². The fourth-order valence-corrected chi connectivity index (χ4v) is 3.33. The second-order valence-electron chi connectivity index (χ2n) is 6.18. The SMILES string of the molecule is CCc1cnc(CCNC(=NC)NCc2ccc(N(C)C)cc2C)s1.I. The Morgan fingerprint density at radius 3 is 2.62 bits per heavy atom. The molecule has 0 spiro atoms. The Balaban J connectivity index is 0.00000338. The topological polar surface area (TPSA) is 52.6 Å². The molecule has 1 aromatic heterocycles. The predicted molar refractivity (Wildman–Crippen MR) is 124 cm³/mol. The number of benzene rings is 1. The van der Waals surface area contributed by atoms with E-state index in [-0.39, 0.29) is 24.0 Å². The molecule has 0 unspecified atom stereocenters. The summed E-state index contributed by atoms with van der Waals surface area (Å²) in [5, 5.41) is 7.92. The predicted octanol–water partition coefficient (Wildman–Crippen LogP) is 3.61. The van der Waals surface area contributed by atoms with Crippen LogP contribution >= 0.6 is 35.3 Å². The Bertz CT molecular complexity index is 712. The van der Waals surface area contributed by atoms with Gasteiger partial charge in [0.25, 0.3) is 0 Å². The molecule has 0 saturated heterocycles. The zero-order valence-corrected chi connectivity index (χ0v) is 19.4. The fraction of sp³-hybridized carbons (Fsp3) is 0.474. The van der Waals surface area contributed by atoms with Crippen LogP contribution in [0.25, 0.3) is 0 Å². The standard InChI is InChI=1S/C19H29N5S.HI/c1-6-17-13-22-18(25-17)9-10-21-19(20-3)23-12-15-7-8-16(24(4)5)11-14(15)2;/h7-8,11,13H,6,9-10,12H2,1-5H3,(H2,20,21,23);1H. The summed E-state index contributed by atoms with van der Waals surface area (Å²) in [5.41, 5.74) is 3.78. The average molecular weight is 487 g/mol. The van der Waals surface area contributed by atoms with Crippen molar-refractivity contribution >= 4 is 47.0 Å². The van der Waals surface area contributed by atoms with Gasteiger partial charge in [0.2, 0.25) is 0 Å². The minimum atomic E-state index is 0. The van der Waals surface area contributed by atoms with E-state index in [4.69, 9.17) is 0 Å². The normalized spacial score (nSPS) is 11.0. The van der Waals surface area contributed by atoms with E-state index in [2.05, 4.69) is 71.7 Å². The Kier molecular flexibility index (Phi) is 9.93. The van der Waals surface area contributed by atoms with E-state index in [1.807, 2.05) is 6.20 Å². The van der Waals surface area contributed by atoms with Crippen molar-refractivity contribution in [1.82, 2.24) is 15.6 Å². The lowest BCUT2D eigenvalue weighted by atomic mass is 10.1. The highest BCUT2D eigenvalue weighted by atomic mass is 127. The highest BCUT2D eigenvalue weighted by molar-refractivity contribution is 14.0. The molecule has 1 aromatic carbocycles. The van der Waals surface area contributed by atoms with E-state index in [1.165, 1.54) is 26.7 Å². The van der Waals surface area contributed by atoms with Gasteiger partial charge in [0.15, 0.2) is 5.96 Å². The number of hydrogen-bond donors (Lipinski definition) is 2. The molecule has 0 radical (unpaired) electrons. The first kappa shape index (κ1) is 22.7. The van der Waals surface area contributed by atoms with Crippen molar-refractivity contribution in [2.24, 2.45) is 4.99 Å². The molecular weight excluding hydrogens is 457 g/mol. The van der Waals surface area contributed by atoms with Gasteiger partial charge in [-0.05, 0) is 36.6 Å². The zero-order chi connectivity index (χ0) is 18.2. The maximum atomic E-state index is 4.45. The quantitative estimate of drug-likeness (QED) is 0.356.